The van der Waals surface area contributed by atoms with Gasteiger partial charge in [-0.15, -0.1) is 0 Å². The minimum Gasteiger partial charge on any atom is -0.345 e. The molecule has 0 saturated heterocycles. The summed E-state index contributed by atoms with van der Waals surface area (Å²) in [6, 6.07) is 5.75. The van der Waals surface area contributed by atoms with E-state index in [-0.39, 0.29) is 1.43 Å². The maximum absolute atomic E-state index is 4.48. The van der Waals surface area contributed by atoms with Crippen LogP contribution < -0.4 is 0 Å². The van der Waals surface area contributed by atoms with E-state index in [1.165, 1.54) is 0 Å². The molecule has 4 nitrogen and oxygen atoms in total. The highest BCUT2D eigenvalue weighted by atomic mass is 14.9. The highest BCUT2D eigenvalue weighted by Crippen LogP contribution is 2.16. The van der Waals surface area contributed by atoms with Gasteiger partial charge < -0.3 is 4.98 Å². The Bertz CT molecular complexity index is 592. The van der Waals surface area contributed by atoms with Gasteiger partial charge in [0.05, 0.1) is 11.9 Å². The van der Waals surface area contributed by atoms with Crippen molar-refractivity contribution in [1.82, 2.24) is 19.9 Å². The zero-order chi connectivity index (χ0) is 12.1. The van der Waals surface area contributed by atoms with Crippen LogP contribution in [-0.4, -0.2) is 19.9 Å². The van der Waals surface area contributed by atoms with Crippen molar-refractivity contribution >= 4 is 11.2 Å². The van der Waals surface area contributed by atoms with Gasteiger partial charge in [-0.25, -0.2) is 9.97 Å². The summed E-state index contributed by atoms with van der Waals surface area (Å²) in [5, 5.41) is 0. The van der Waals surface area contributed by atoms with E-state index >= 15 is 0 Å². The third-order valence-corrected chi connectivity index (χ3v) is 2.24. The zero-order valence-corrected chi connectivity index (χ0v) is 9.88. The third kappa shape index (κ3) is 2.30. The molecule has 0 aliphatic carbocycles. The molecule has 0 saturated carbocycles. The SMILES string of the molecule is CC.[HH].c1cc(-c2cnc3[nH]ccc3n2)ccn1. The van der Waals surface area contributed by atoms with Crippen LogP contribution in [0.3, 0.4) is 0 Å². The molecule has 0 amide bonds. The number of nitrogens with one attached hydrogen (secondary N) is 1. The van der Waals surface area contributed by atoms with Crippen molar-refractivity contribution in [3.63, 3.8) is 0 Å². The lowest BCUT2D eigenvalue weighted by molar-refractivity contribution is 1.25. The quantitative estimate of drug-likeness (QED) is 0.695. The second-order valence-electron chi connectivity index (χ2n) is 3.20. The van der Waals surface area contributed by atoms with Crippen molar-refractivity contribution < 1.29 is 1.43 Å². The molecule has 0 unspecified atom stereocenters. The van der Waals surface area contributed by atoms with Gasteiger partial charge in [0.1, 0.15) is 5.52 Å². The molecule has 0 aliphatic rings. The van der Waals surface area contributed by atoms with E-state index in [1.807, 2.05) is 38.2 Å². The molecule has 88 valence electrons. The maximum atomic E-state index is 4.48. The van der Waals surface area contributed by atoms with E-state index in [4.69, 9.17) is 0 Å². The monoisotopic (exact) mass is 228 g/mol. The van der Waals surface area contributed by atoms with Crippen molar-refractivity contribution in [2.45, 2.75) is 13.8 Å². The van der Waals surface area contributed by atoms with Gasteiger partial charge in [-0.3, -0.25) is 4.98 Å². The summed E-state index contributed by atoms with van der Waals surface area (Å²) in [6.45, 7) is 4.00. The molecule has 3 aromatic heterocycles. The van der Waals surface area contributed by atoms with Gasteiger partial charge in [0.25, 0.3) is 0 Å². The minimum absolute atomic E-state index is 0. The molecule has 0 aromatic carbocycles. The topological polar surface area (TPSA) is 54.5 Å². The summed E-state index contributed by atoms with van der Waals surface area (Å²) in [6.07, 6.45) is 7.09. The predicted octanol–water partition coefficient (Wildman–Crippen LogP) is 3.29. The third-order valence-electron chi connectivity index (χ3n) is 2.24. The van der Waals surface area contributed by atoms with Gasteiger partial charge >= 0.3 is 0 Å². The number of hydrogen-bond acceptors (Lipinski definition) is 3. The highest BCUT2D eigenvalue weighted by molar-refractivity contribution is 5.73. The largest absolute Gasteiger partial charge is 0.345 e. The Labute approximate surface area is 101 Å². The molecule has 0 atom stereocenters. The van der Waals surface area contributed by atoms with E-state index < -0.39 is 0 Å². The zero-order valence-electron chi connectivity index (χ0n) is 9.88. The molecule has 0 aliphatic heterocycles. The fourth-order valence-corrected chi connectivity index (χ4v) is 1.49. The van der Waals surface area contributed by atoms with Gasteiger partial charge in [0.2, 0.25) is 0 Å². The van der Waals surface area contributed by atoms with Crippen LogP contribution in [0.1, 0.15) is 15.3 Å². The van der Waals surface area contributed by atoms with Crippen LogP contribution in [0, 0.1) is 0 Å². The van der Waals surface area contributed by atoms with Crippen molar-refractivity contribution in [3.05, 3.63) is 43.0 Å². The second kappa shape index (κ2) is 5.21. The van der Waals surface area contributed by atoms with Crippen LogP contribution in [0.4, 0.5) is 0 Å². The van der Waals surface area contributed by atoms with Crippen LogP contribution in [0.25, 0.3) is 22.4 Å². The van der Waals surface area contributed by atoms with Crippen molar-refractivity contribution in [2.75, 3.05) is 0 Å². The number of fused-ring (bicyclic) bond motifs is 1. The van der Waals surface area contributed by atoms with Crippen LogP contribution in [0.2, 0.25) is 0 Å². The second-order valence-corrected chi connectivity index (χ2v) is 3.20. The Balaban J connectivity index is 0.000000516. The van der Waals surface area contributed by atoms with Crippen molar-refractivity contribution in [1.29, 1.82) is 0 Å². The Morgan fingerprint density at radius 1 is 1.12 bits per heavy atom. The lowest BCUT2D eigenvalue weighted by Crippen LogP contribution is -1.86. The molecule has 1 N–H and O–H groups in total. The number of hydrogen-bond donors (Lipinski definition) is 1. The molecular formula is C13H16N4. The molecule has 0 spiro atoms. The van der Waals surface area contributed by atoms with Crippen LogP contribution in [-0.2, 0) is 0 Å². The number of rotatable bonds is 1. The van der Waals surface area contributed by atoms with Gasteiger partial charge in [0, 0.05) is 25.6 Å². The number of pyridine rings is 1. The van der Waals surface area contributed by atoms with Crippen LogP contribution in [0.15, 0.2) is 43.0 Å². The highest BCUT2D eigenvalue weighted by Gasteiger charge is 2.01. The number of aromatic nitrogens is 4. The minimum atomic E-state index is 0. The number of H-pyrrole nitrogens is 1. The first-order valence-corrected chi connectivity index (χ1v) is 5.64. The molecule has 3 aromatic rings. The normalized spacial score (nSPS) is 9.76. The first-order chi connectivity index (χ1) is 8.43. The van der Waals surface area contributed by atoms with E-state index in [0.717, 1.165) is 22.4 Å². The van der Waals surface area contributed by atoms with Gasteiger partial charge in [-0.05, 0) is 18.2 Å². The molecule has 3 rings (SSSR count). The summed E-state index contributed by atoms with van der Waals surface area (Å²) < 4.78 is 0. The molecule has 4 heteroatoms. The summed E-state index contributed by atoms with van der Waals surface area (Å²) in [4.78, 5) is 15.7. The molecule has 0 bridgehead atoms. The predicted molar refractivity (Wildman–Crippen MR) is 70.6 cm³/mol. The first-order valence-electron chi connectivity index (χ1n) is 5.64. The molecular weight excluding hydrogens is 212 g/mol. The number of nitrogens with zero attached hydrogens (tertiary/aromatic N) is 3. The van der Waals surface area contributed by atoms with E-state index in [0.29, 0.717) is 0 Å². The summed E-state index contributed by atoms with van der Waals surface area (Å²) in [5.74, 6) is 0. The smallest absolute Gasteiger partial charge is 0.156 e. The van der Waals surface area contributed by atoms with E-state index in [1.54, 1.807) is 18.6 Å². The summed E-state index contributed by atoms with van der Waals surface area (Å²) >= 11 is 0. The molecule has 0 radical (unpaired) electrons. The maximum Gasteiger partial charge on any atom is 0.156 e. The first kappa shape index (κ1) is 11.3. The Kier molecular flexibility index (Phi) is 3.45. The van der Waals surface area contributed by atoms with Crippen molar-refractivity contribution in [3.8, 4) is 11.3 Å². The Morgan fingerprint density at radius 3 is 2.65 bits per heavy atom. The van der Waals surface area contributed by atoms with Crippen molar-refractivity contribution in [2.24, 2.45) is 0 Å². The Hall–Kier alpha value is -2.23. The van der Waals surface area contributed by atoms with Gasteiger partial charge in [0.15, 0.2) is 5.65 Å². The fraction of sp³-hybridized carbons (Fsp3) is 0.154. The van der Waals surface area contributed by atoms with Crippen LogP contribution in [0.5, 0.6) is 0 Å². The molecule has 0 fully saturated rings. The lowest BCUT2D eigenvalue weighted by atomic mass is 10.2. The molecule has 17 heavy (non-hydrogen) atoms. The van der Waals surface area contributed by atoms with Gasteiger partial charge in [-0.1, -0.05) is 13.8 Å². The Morgan fingerprint density at radius 2 is 1.88 bits per heavy atom. The summed E-state index contributed by atoms with van der Waals surface area (Å²) in [5.41, 5.74) is 3.59. The molecule has 3 heterocycles. The van der Waals surface area contributed by atoms with E-state index in [9.17, 15) is 0 Å². The number of aromatic amines is 1. The lowest BCUT2D eigenvalue weighted by Gasteiger charge is -1.98. The average Bonchev–Trinajstić information content (AvgIpc) is 2.89. The fourth-order valence-electron chi connectivity index (χ4n) is 1.49. The standard InChI is InChI=1S/C11H8N4.C2H6.H2/c1-4-12-5-2-8(1)10-7-14-11-9(15-10)3-6-13-11;1-2;/h1-7H,(H,13,14);1-2H3;1H. The van der Waals surface area contributed by atoms with Crippen LogP contribution >= 0.6 is 0 Å². The average molecular weight is 228 g/mol. The van der Waals surface area contributed by atoms with E-state index in [2.05, 4.69) is 19.9 Å². The summed E-state index contributed by atoms with van der Waals surface area (Å²) in [7, 11) is 0. The van der Waals surface area contributed by atoms with Gasteiger partial charge in [-0.2, -0.15) is 0 Å².